The number of carbonyl (C=O) groups is 1. The van der Waals surface area contributed by atoms with Crippen LogP contribution in [0, 0.1) is 0 Å². The third kappa shape index (κ3) is 18.1. The summed E-state index contributed by atoms with van der Waals surface area (Å²) in [6.45, 7) is 3.31. The molecule has 0 aromatic carbocycles. The molecule has 0 radical (unpaired) electrons. The molecule has 0 saturated heterocycles. The molecule has 0 amide bonds. The van der Waals surface area contributed by atoms with Crippen LogP contribution in [-0.4, -0.2) is 17.9 Å². The van der Waals surface area contributed by atoms with E-state index in [1.807, 2.05) is 0 Å². The molecule has 0 rings (SSSR count). The van der Waals surface area contributed by atoms with E-state index in [2.05, 4.69) is 11.3 Å². The quantitative estimate of drug-likeness (QED) is 0.527. The minimum Gasteiger partial charge on any atom is -0.450 e. The van der Waals surface area contributed by atoms with Crippen LogP contribution >= 0.6 is 0 Å². The number of ether oxygens (including phenoxy) is 1. The van der Waals surface area contributed by atoms with Crippen molar-refractivity contribution in [2.45, 2.75) is 0 Å². The van der Waals surface area contributed by atoms with Crippen LogP contribution in [0.1, 0.15) is 0 Å². The molecular formula is C4H9NO3Zr. The SMILES string of the molecule is C=CCOC(=O)O.N.[Zr]. The fourth-order valence-corrected chi connectivity index (χ4v) is 0.130. The molecular weight excluding hydrogens is 201 g/mol. The van der Waals surface area contributed by atoms with Gasteiger partial charge in [0.15, 0.2) is 0 Å². The molecule has 52 valence electrons. The van der Waals surface area contributed by atoms with E-state index in [-0.39, 0.29) is 39.0 Å². The van der Waals surface area contributed by atoms with Gasteiger partial charge in [-0.25, -0.2) is 4.79 Å². The first-order chi connectivity index (χ1) is 3.27. The smallest absolute Gasteiger partial charge is 0.450 e. The van der Waals surface area contributed by atoms with Crippen LogP contribution in [0.2, 0.25) is 0 Å². The van der Waals surface area contributed by atoms with Gasteiger partial charge >= 0.3 is 6.16 Å². The van der Waals surface area contributed by atoms with E-state index >= 15 is 0 Å². The van der Waals surface area contributed by atoms with E-state index in [1.165, 1.54) is 6.08 Å². The molecule has 5 heteroatoms. The topological polar surface area (TPSA) is 81.5 Å². The first-order valence-electron chi connectivity index (χ1n) is 1.74. The second-order valence-electron chi connectivity index (χ2n) is 0.866. The maximum Gasteiger partial charge on any atom is 0.506 e. The zero-order valence-electron chi connectivity index (χ0n) is 4.96. The van der Waals surface area contributed by atoms with Gasteiger partial charge in [-0.1, -0.05) is 12.7 Å². The molecule has 0 aromatic rings. The summed E-state index contributed by atoms with van der Waals surface area (Å²) in [4.78, 5) is 9.49. The Bertz CT molecular complexity index is 85.9. The summed E-state index contributed by atoms with van der Waals surface area (Å²) in [7, 11) is 0. The molecule has 0 unspecified atom stereocenters. The van der Waals surface area contributed by atoms with E-state index in [4.69, 9.17) is 5.11 Å². The van der Waals surface area contributed by atoms with Crippen molar-refractivity contribution in [1.29, 1.82) is 0 Å². The average Bonchev–Trinajstić information content (AvgIpc) is 1.61. The monoisotopic (exact) mass is 209 g/mol. The predicted molar refractivity (Wildman–Crippen MR) is 29.2 cm³/mol. The third-order valence-electron chi connectivity index (χ3n) is 0.325. The summed E-state index contributed by atoms with van der Waals surface area (Å²) < 4.78 is 3.99. The van der Waals surface area contributed by atoms with Crippen molar-refractivity contribution in [2.24, 2.45) is 0 Å². The second kappa shape index (κ2) is 10.8. The molecule has 0 aliphatic rings. The summed E-state index contributed by atoms with van der Waals surface area (Å²) in [6.07, 6.45) is 0.105. The first-order valence-corrected chi connectivity index (χ1v) is 1.74. The molecule has 0 atom stereocenters. The number of hydrogen-bond donors (Lipinski definition) is 2. The van der Waals surface area contributed by atoms with Crippen LogP contribution in [0.15, 0.2) is 12.7 Å². The number of hydrogen-bond acceptors (Lipinski definition) is 3. The predicted octanol–water partition coefficient (Wildman–Crippen LogP) is 1.03. The Labute approximate surface area is 72.6 Å². The van der Waals surface area contributed by atoms with Gasteiger partial charge in [0.25, 0.3) is 0 Å². The molecule has 0 aliphatic heterocycles. The van der Waals surface area contributed by atoms with Gasteiger partial charge in [-0.15, -0.1) is 0 Å². The minimum atomic E-state index is -1.26. The molecule has 0 heterocycles. The molecule has 0 aromatic heterocycles. The van der Waals surface area contributed by atoms with Crippen LogP contribution < -0.4 is 6.15 Å². The van der Waals surface area contributed by atoms with Gasteiger partial charge in [0.2, 0.25) is 0 Å². The van der Waals surface area contributed by atoms with E-state index in [9.17, 15) is 4.79 Å². The van der Waals surface area contributed by atoms with E-state index in [1.54, 1.807) is 0 Å². The van der Waals surface area contributed by atoms with Crippen molar-refractivity contribution in [3.8, 4) is 0 Å². The zero-order valence-corrected chi connectivity index (χ0v) is 7.42. The van der Waals surface area contributed by atoms with Crippen molar-refractivity contribution >= 4 is 6.16 Å². The van der Waals surface area contributed by atoms with Crippen LogP contribution in [0.5, 0.6) is 0 Å². The van der Waals surface area contributed by atoms with Crippen LogP contribution in [0.3, 0.4) is 0 Å². The van der Waals surface area contributed by atoms with Crippen molar-refractivity contribution in [3.63, 3.8) is 0 Å². The average molecular weight is 210 g/mol. The Kier molecular flexibility index (Phi) is 19.1. The maximum absolute atomic E-state index is 9.49. The summed E-state index contributed by atoms with van der Waals surface area (Å²) in [5.41, 5.74) is 0. The maximum atomic E-state index is 9.49. The Morgan fingerprint density at radius 1 is 1.78 bits per heavy atom. The summed E-state index contributed by atoms with van der Waals surface area (Å²) in [6, 6.07) is 0. The molecule has 0 fully saturated rings. The fraction of sp³-hybridized carbons (Fsp3) is 0.250. The summed E-state index contributed by atoms with van der Waals surface area (Å²) in [5, 5.41) is 7.77. The van der Waals surface area contributed by atoms with Gasteiger partial charge in [0, 0.05) is 26.2 Å². The largest absolute Gasteiger partial charge is 0.506 e. The van der Waals surface area contributed by atoms with Gasteiger partial charge in [0.1, 0.15) is 6.61 Å². The molecule has 4 nitrogen and oxygen atoms in total. The van der Waals surface area contributed by atoms with Gasteiger partial charge in [-0.2, -0.15) is 0 Å². The Hall–Kier alpha value is -0.147. The van der Waals surface area contributed by atoms with E-state index < -0.39 is 6.16 Å². The van der Waals surface area contributed by atoms with Crippen molar-refractivity contribution in [2.75, 3.05) is 6.61 Å². The Morgan fingerprint density at radius 3 is 2.33 bits per heavy atom. The van der Waals surface area contributed by atoms with Gasteiger partial charge < -0.3 is 16.0 Å². The molecule has 4 N–H and O–H groups in total. The molecule has 0 bridgehead atoms. The molecule has 9 heavy (non-hydrogen) atoms. The van der Waals surface area contributed by atoms with Crippen LogP contribution in [0.25, 0.3) is 0 Å². The van der Waals surface area contributed by atoms with Gasteiger partial charge in [-0.05, 0) is 0 Å². The van der Waals surface area contributed by atoms with E-state index in [0.29, 0.717) is 0 Å². The molecule has 0 saturated carbocycles. The van der Waals surface area contributed by atoms with Crippen LogP contribution in [-0.2, 0) is 30.9 Å². The first kappa shape index (κ1) is 15.9. The van der Waals surface area contributed by atoms with Crippen molar-refractivity contribution in [1.82, 2.24) is 6.15 Å². The molecule has 0 spiro atoms. The zero-order chi connectivity index (χ0) is 5.70. The summed E-state index contributed by atoms with van der Waals surface area (Å²) >= 11 is 0. The van der Waals surface area contributed by atoms with Crippen molar-refractivity contribution < 1.29 is 40.8 Å². The Morgan fingerprint density at radius 2 is 2.22 bits per heavy atom. The Balaban J connectivity index is -0.000000180. The molecule has 0 aliphatic carbocycles. The third-order valence-corrected chi connectivity index (χ3v) is 0.325. The van der Waals surface area contributed by atoms with Crippen molar-refractivity contribution in [3.05, 3.63) is 12.7 Å². The van der Waals surface area contributed by atoms with Gasteiger partial charge in [0.05, 0.1) is 0 Å². The fourth-order valence-electron chi connectivity index (χ4n) is 0.130. The second-order valence-corrected chi connectivity index (χ2v) is 0.866. The summed E-state index contributed by atoms with van der Waals surface area (Å²) in [5.74, 6) is 0. The van der Waals surface area contributed by atoms with Gasteiger partial charge in [-0.3, -0.25) is 0 Å². The number of carboxylic acid groups (broad SMARTS) is 1. The standard InChI is InChI=1S/C4H6O3.H3N.Zr/c1-2-3-7-4(5)6;;/h2H,1,3H2,(H,5,6);1H3;. The van der Waals surface area contributed by atoms with Crippen LogP contribution in [0.4, 0.5) is 4.79 Å². The van der Waals surface area contributed by atoms with E-state index in [0.717, 1.165) is 0 Å². The minimum absolute atomic E-state index is 0. The number of rotatable bonds is 2. The normalized spacial score (nSPS) is 5.78.